The van der Waals surface area contributed by atoms with Crippen molar-refractivity contribution in [1.29, 1.82) is 0 Å². The third-order valence-electron chi connectivity index (χ3n) is 6.52. The predicted molar refractivity (Wildman–Crippen MR) is 114 cm³/mol. The zero-order valence-corrected chi connectivity index (χ0v) is 18.3. The molecule has 30 heavy (non-hydrogen) atoms. The van der Waals surface area contributed by atoms with Crippen molar-refractivity contribution < 1.29 is 14.6 Å². The lowest BCUT2D eigenvalue weighted by Gasteiger charge is -2.45. The van der Waals surface area contributed by atoms with Crippen molar-refractivity contribution >= 4 is 17.6 Å². The monoisotopic (exact) mass is 432 g/mol. The van der Waals surface area contributed by atoms with Crippen LogP contribution in [0.4, 0.5) is 0 Å². The largest absolute Gasteiger partial charge is 0.479 e. The Morgan fingerprint density at radius 3 is 2.53 bits per heavy atom. The van der Waals surface area contributed by atoms with Crippen molar-refractivity contribution in [3.05, 3.63) is 46.5 Å². The SMILES string of the molecule is Cc1nc(C2CCC(N3C[C@H](C(=O)O)OC[C@@H]3Cc3ccc(Cl)cc3)CC2)nn1C. The lowest BCUT2D eigenvalue weighted by molar-refractivity contribution is -0.162. The Morgan fingerprint density at radius 1 is 1.23 bits per heavy atom. The molecule has 1 aliphatic carbocycles. The van der Waals surface area contributed by atoms with Gasteiger partial charge in [-0.3, -0.25) is 9.58 Å². The highest BCUT2D eigenvalue weighted by Gasteiger charge is 2.38. The van der Waals surface area contributed by atoms with Crippen LogP contribution in [0.2, 0.25) is 5.02 Å². The van der Waals surface area contributed by atoms with Crippen LogP contribution in [0.3, 0.4) is 0 Å². The Bertz CT molecular complexity index is 858. The second kappa shape index (κ2) is 9.04. The number of nitrogens with zero attached hydrogens (tertiary/aromatic N) is 4. The van der Waals surface area contributed by atoms with Gasteiger partial charge in [0.2, 0.25) is 0 Å². The summed E-state index contributed by atoms with van der Waals surface area (Å²) >= 11 is 6.02. The van der Waals surface area contributed by atoms with Gasteiger partial charge in [-0.2, -0.15) is 5.10 Å². The fraction of sp³-hybridized carbons (Fsp3) is 0.591. The van der Waals surface area contributed by atoms with E-state index in [2.05, 4.69) is 15.0 Å². The fourth-order valence-electron chi connectivity index (χ4n) is 4.71. The van der Waals surface area contributed by atoms with Crippen LogP contribution in [0, 0.1) is 6.92 Å². The maximum Gasteiger partial charge on any atom is 0.334 e. The topological polar surface area (TPSA) is 80.5 Å². The molecular formula is C22H29ClN4O3. The molecule has 0 radical (unpaired) electrons. The molecule has 0 spiro atoms. The van der Waals surface area contributed by atoms with Crippen molar-refractivity contribution in [1.82, 2.24) is 19.7 Å². The first-order valence-electron chi connectivity index (χ1n) is 10.6. The molecule has 8 heteroatoms. The summed E-state index contributed by atoms with van der Waals surface area (Å²) in [6.07, 6.45) is 4.15. The van der Waals surface area contributed by atoms with Crippen LogP contribution in [-0.2, 0) is 23.0 Å². The van der Waals surface area contributed by atoms with Gasteiger partial charge in [-0.1, -0.05) is 23.7 Å². The molecule has 1 aliphatic heterocycles. The molecule has 1 aromatic heterocycles. The number of carboxylic acid groups (broad SMARTS) is 1. The maximum atomic E-state index is 11.6. The van der Waals surface area contributed by atoms with E-state index < -0.39 is 12.1 Å². The number of carbonyl (C=O) groups is 1. The number of rotatable bonds is 5. The van der Waals surface area contributed by atoms with Crippen LogP contribution in [-0.4, -0.2) is 62.1 Å². The molecule has 1 aromatic carbocycles. The van der Waals surface area contributed by atoms with E-state index in [-0.39, 0.29) is 6.04 Å². The van der Waals surface area contributed by atoms with Crippen LogP contribution < -0.4 is 0 Å². The Labute approximate surface area is 182 Å². The van der Waals surface area contributed by atoms with Crippen molar-refractivity contribution in [3.8, 4) is 0 Å². The fourth-order valence-corrected chi connectivity index (χ4v) is 4.83. The normalized spacial score (nSPS) is 27.8. The van der Waals surface area contributed by atoms with E-state index in [0.29, 0.717) is 25.1 Å². The predicted octanol–water partition coefficient (Wildman–Crippen LogP) is 3.20. The lowest BCUT2D eigenvalue weighted by Crippen LogP contribution is -2.57. The highest BCUT2D eigenvalue weighted by atomic mass is 35.5. The quantitative estimate of drug-likeness (QED) is 0.781. The van der Waals surface area contributed by atoms with E-state index in [1.807, 2.05) is 42.9 Å². The first-order chi connectivity index (χ1) is 14.4. The number of aryl methyl sites for hydroxylation is 2. The first-order valence-corrected chi connectivity index (χ1v) is 11.0. The van der Waals surface area contributed by atoms with Crippen molar-refractivity contribution in [3.63, 3.8) is 0 Å². The Morgan fingerprint density at radius 2 is 1.93 bits per heavy atom. The standard InChI is InChI=1S/C22H29ClN4O3/c1-14-24-21(25-26(14)2)16-5-9-18(10-6-16)27-12-20(22(28)29)30-13-19(27)11-15-3-7-17(23)8-4-15/h3-4,7-8,16,18-20H,5-6,9-13H2,1-2H3,(H,28,29)/t16?,18?,19-,20+/m0/s1. The number of aromatic nitrogens is 3. The van der Waals surface area contributed by atoms with E-state index >= 15 is 0 Å². The summed E-state index contributed by atoms with van der Waals surface area (Å²) in [7, 11) is 1.93. The molecular weight excluding hydrogens is 404 g/mol. The highest BCUT2D eigenvalue weighted by molar-refractivity contribution is 6.30. The van der Waals surface area contributed by atoms with Gasteiger partial charge in [0, 0.05) is 36.6 Å². The van der Waals surface area contributed by atoms with E-state index in [4.69, 9.17) is 16.3 Å². The summed E-state index contributed by atoms with van der Waals surface area (Å²) < 4.78 is 7.52. The number of carboxylic acids is 1. The van der Waals surface area contributed by atoms with Crippen LogP contribution in [0.15, 0.2) is 24.3 Å². The van der Waals surface area contributed by atoms with Gasteiger partial charge in [0.25, 0.3) is 0 Å². The average molecular weight is 433 g/mol. The van der Waals surface area contributed by atoms with Gasteiger partial charge in [-0.15, -0.1) is 0 Å². The van der Waals surface area contributed by atoms with Gasteiger partial charge in [0.05, 0.1) is 6.61 Å². The van der Waals surface area contributed by atoms with Gasteiger partial charge >= 0.3 is 5.97 Å². The van der Waals surface area contributed by atoms with Gasteiger partial charge < -0.3 is 9.84 Å². The van der Waals surface area contributed by atoms with Crippen molar-refractivity contribution in [2.24, 2.45) is 7.05 Å². The number of morpholine rings is 1. The number of halogens is 1. The number of ether oxygens (including phenoxy) is 1. The molecule has 2 aromatic rings. The Hall–Kier alpha value is -1.96. The van der Waals surface area contributed by atoms with Gasteiger partial charge in [0.1, 0.15) is 5.82 Å². The molecule has 2 fully saturated rings. The molecule has 4 rings (SSSR count). The van der Waals surface area contributed by atoms with Crippen LogP contribution >= 0.6 is 11.6 Å². The van der Waals surface area contributed by atoms with E-state index in [1.165, 1.54) is 5.56 Å². The number of hydrogen-bond donors (Lipinski definition) is 1. The van der Waals surface area contributed by atoms with Crippen LogP contribution in [0.5, 0.6) is 0 Å². The zero-order valence-electron chi connectivity index (χ0n) is 17.5. The molecule has 7 nitrogen and oxygen atoms in total. The molecule has 1 N–H and O–H groups in total. The summed E-state index contributed by atoms with van der Waals surface area (Å²) in [5.74, 6) is 1.38. The smallest absolute Gasteiger partial charge is 0.334 e. The maximum absolute atomic E-state index is 11.6. The third kappa shape index (κ3) is 4.68. The minimum absolute atomic E-state index is 0.165. The average Bonchev–Trinajstić information content (AvgIpc) is 3.08. The van der Waals surface area contributed by atoms with Crippen molar-refractivity contribution in [2.45, 2.75) is 63.1 Å². The highest BCUT2D eigenvalue weighted by Crippen LogP contribution is 2.35. The summed E-state index contributed by atoms with van der Waals surface area (Å²) in [6.45, 7) is 2.84. The summed E-state index contributed by atoms with van der Waals surface area (Å²) in [6, 6.07) is 8.40. The zero-order chi connectivity index (χ0) is 21.3. The molecule has 0 bridgehead atoms. The second-order valence-electron chi connectivity index (χ2n) is 8.49. The molecule has 2 aliphatic rings. The van der Waals surface area contributed by atoms with Crippen LogP contribution in [0.25, 0.3) is 0 Å². The van der Waals surface area contributed by atoms with Crippen molar-refractivity contribution in [2.75, 3.05) is 13.2 Å². The molecule has 1 saturated heterocycles. The third-order valence-corrected chi connectivity index (χ3v) is 6.78. The number of hydrogen-bond acceptors (Lipinski definition) is 5. The molecule has 1 saturated carbocycles. The molecule has 162 valence electrons. The lowest BCUT2D eigenvalue weighted by atomic mass is 9.83. The Kier molecular flexibility index (Phi) is 6.41. The van der Waals surface area contributed by atoms with Gasteiger partial charge in [0.15, 0.2) is 11.9 Å². The summed E-state index contributed by atoms with van der Waals surface area (Å²) in [4.78, 5) is 18.6. The second-order valence-corrected chi connectivity index (χ2v) is 8.92. The van der Waals surface area contributed by atoms with Gasteiger partial charge in [-0.25, -0.2) is 9.78 Å². The Balaban J connectivity index is 1.45. The number of aliphatic carboxylic acids is 1. The summed E-state index contributed by atoms with van der Waals surface area (Å²) in [5.41, 5.74) is 1.19. The van der Waals surface area contributed by atoms with Crippen LogP contribution in [0.1, 0.15) is 48.8 Å². The van der Waals surface area contributed by atoms with E-state index in [1.54, 1.807) is 0 Å². The molecule has 0 amide bonds. The molecule has 2 heterocycles. The molecule has 0 unspecified atom stereocenters. The minimum Gasteiger partial charge on any atom is -0.479 e. The molecule has 2 atom stereocenters. The minimum atomic E-state index is -0.883. The first kappa shape index (κ1) is 21.3. The number of benzene rings is 1. The van der Waals surface area contributed by atoms with E-state index in [0.717, 1.165) is 48.8 Å². The summed E-state index contributed by atoms with van der Waals surface area (Å²) in [5, 5.41) is 14.8. The van der Waals surface area contributed by atoms with Gasteiger partial charge in [-0.05, 0) is 56.7 Å². The van der Waals surface area contributed by atoms with E-state index in [9.17, 15) is 9.90 Å².